The van der Waals surface area contributed by atoms with Gasteiger partial charge in [0, 0.05) is 0 Å². The minimum atomic E-state index is -0.713. The second-order valence-corrected chi connectivity index (χ2v) is 15.1. The summed E-state index contributed by atoms with van der Waals surface area (Å²) in [6, 6.07) is 0. The van der Waals surface area contributed by atoms with E-state index < -0.39 is 5.60 Å². The minimum Gasteiger partial charge on any atom is -0.393 e. The molecule has 0 unspecified atom stereocenters. The van der Waals surface area contributed by atoms with Crippen LogP contribution >= 0.6 is 0 Å². The quantitative estimate of drug-likeness (QED) is 0.422. The molecule has 0 radical (unpaired) electrons. The van der Waals surface area contributed by atoms with Crippen LogP contribution in [-0.2, 0) is 0 Å². The smallest absolute Gasteiger partial charge is 0.0654 e. The number of allylic oxidation sites excluding steroid dienone is 2. The van der Waals surface area contributed by atoms with Crippen LogP contribution < -0.4 is 0 Å². The van der Waals surface area contributed by atoms with Crippen LogP contribution in [0, 0.1) is 51.2 Å². The molecule has 0 bridgehead atoms. The third-order valence-electron chi connectivity index (χ3n) is 12.3. The van der Waals surface area contributed by atoms with Crippen molar-refractivity contribution in [2.75, 3.05) is 0 Å². The molecule has 4 saturated carbocycles. The van der Waals surface area contributed by atoms with Crippen LogP contribution in [0.15, 0.2) is 11.6 Å². The maximum absolute atomic E-state index is 11.8. The van der Waals surface area contributed by atoms with Crippen LogP contribution in [0.25, 0.3) is 0 Å². The molecule has 4 fully saturated rings. The van der Waals surface area contributed by atoms with Crippen molar-refractivity contribution in [2.45, 2.75) is 132 Å². The molecule has 0 heterocycles. The van der Waals surface area contributed by atoms with Crippen LogP contribution in [-0.4, -0.2) is 21.9 Å². The number of hydrogen-bond acceptors (Lipinski definition) is 2. The van der Waals surface area contributed by atoms with E-state index in [9.17, 15) is 10.2 Å². The molecule has 0 saturated heterocycles. The molecule has 2 nitrogen and oxygen atoms in total. The molecule has 2 N–H and O–H groups in total. The third-order valence-corrected chi connectivity index (χ3v) is 12.3. The summed E-state index contributed by atoms with van der Waals surface area (Å²) in [6.07, 6.45) is 12.1. The maximum Gasteiger partial charge on any atom is 0.0654 e. The van der Waals surface area contributed by atoms with Gasteiger partial charge in [-0.05, 0) is 123 Å². The highest BCUT2D eigenvalue weighted by Gasteiger charge is 2.72. The van der Waals surface area contributed by atoms with E-state index in [1.165, 1.54) is 31.3 Å². The zero-order chi connectivity index (χ0) is 24.6. The molecule has 0 spiro atoms. The van der Waals surface area contributed by atoms with Gasteiger partial charge in [-0.3, -0.25) is 0 Å². The largest absolute Gasteiger partial charge is 0.393 e. The van der Waals surface area contributed by atoms with E-state index in [0.29, 0.717) is 16.7 Å². The second-order valence-electron chi connectivity index (χ2n) is 15.1. The van der Waals surface area contributed by atoms with Crippen LogP contribution in [0.2, 0.25) is 0 Å². The lowest BCUT2D eigenvalue weighted by Crippen LogP contribution is -2.67. The van der Waals surface area contributed by atoms with Gasteiger partial charge >= 0.3 is 0 Å². The Balaban J connectivity index is 1.70. The Kier molecular flexibility index (Phi) is 6.31. The molecule has 0 aromatic rings. The van der Waals surface area contributed by atoms with Crippen LogP contribution in [0.3, 0.4) is 0 Å². The molecule has 33 heavy (non-hydrogen) atoms. The van der Waals surface area contributed by atoms with E-state index in [1.54, 1.807) is 0 Å². The van der Waals surface area contributed by atoms with Crippen LogP contribution in [0.5, 0.6) is 0 Å². The van der Waals surface area contributed by atoms with E-state index in [2.05, 4.69) is 68.4 Å². The van der Waals surface area contributed by atoms with Gasteiger partial charge in [0.1, 0.15) is 0 Å². The van der Waals surface area contributed by atoms with Gasteiger partial charge in [0.25, 0.3) is 0 Å². The van der Waals surface area contributed by atoms with E-state index >= 15 is 0 Å². The van der Waals surface area contributed by atoms with E-state index in [4.69, 9.17) is 0 Å². The Bertz CT molecular complexity index is 776. The first-order valence-electron chi connectivity index (χ1n) is 14.1. The van der Waals surface area contributed by atoms with Crippen molar-refractivity contribution < 1.29 is 10.2 Å². The van der Waals surface area contributed by atoms with Crippen molar-refractivity contribution in [1.82, 2.24) is 0 Å². The van der Waals surface area contributed by atoms with Gasteiger partial charge in [0.05, 0.1) is 11.7 Å². The van der Waals surface area contributed by atoms with Gasteiger partial charge in [-0.2, -0.15) is 0 Å². The topological polar surface area (TPSA) is 40.5 Å². The first kappa shape index (κ1) is 25.7. The van der Waals surface area contributed by atoms with Crippen molar-refractivity contribution in [1.29, 1.82) is 0 Å². The lowest BCUT2D eigenvalue weighted by Gasteiger charge is -2.72. The highest BCUT2D eigenvalue weighted by Crippen LogP contribution is 2.77. The molecule has 2 heteroatoms. The molecule has 4 rings (SSSR count). The first-order valence-corrected chi connectivity index (χ1v) is 14.1. The Morgan fingerprint density at radius 1 is 0.970 bits per heavy atom. The third kappa shape index (κ3) is 3.80. The van der Waals surface area contributed by atoms with Crippen LogP contribution in [0.1, 0.15) is 120 Å². The average Bonchev–Trinajstić information content (AvgIpc) is 3.06. The van der Waals surface area contributed by atoms with Gasteiger partial charge in [0.15, 0.2) is 0 Å². The van der Waals surface area contributed by atoms with E-state index in [-0.39, 0.29) is 28.8 Å². The van der Waals surface area contributed by atoms with Crippen molar-refractivity contribution in [3.8, 4) is 0 Å². The molecule has 0 amide bonds. The molecule has 0 aromatic heterocycles. The van der Waals surface area contributed by atoms with Gasteiger partial charge in [0.2, 0.25) is 0 Å². The zero-order valence-electron chi connectivity index (χ0n) is 23.3. The Hall–Kier alpha value is -0.340. The van der Waals surface area contributed by atoms with Gasteiger partial charge in [-0.1, -0.05) is 59.6 Å². The number of fused-ring (bicyclic) bond motifs is 5. The molecule has 4 aliphatic carbocycles. The second kappa shape index (κ2) is 8.09. The molecule has 0 aliphatic heterocycles. The fourth-order valence-corrected chi connectivity index (χ4v) is 10.7. The Labute approximate surface area is 205 Å². The summed E-state index contributed by atoms with van der Waals surface area (Å²) in [6.45, 7) is 21.6. The average molecular weight is 459 g/mol. The van der Waals surface area contributed by atoms with Crippen molar-refractivity contribution >= 4 is 0 Å². The summed E-state index contributed by atoms with van der Waals surface area (Å²) in [5.41, 5.74) is 1.57. The number of aliphatic hydroxyl groups is 2. The Morgan fingerprint density at radius 3 is 2.27 bits per heavy atom. The number of rotatable bonds is 4. The van der Waals surface area contributed by atoms with E-state index in [0.717, 1.165) is 43.9 Å². The summed E-state index contributed by atoms with van der Waals surface area (Å²) in [7, 11) is 0. The predicted octanol–water partition coefficient (Wildman–Crippen LogP) is 7.78. The molecule has 190 valence electrons. The fourth-order valence-electron chi connectivity index (χ4n) is 10.7. The molecule has 4 aliphatic rings. The summed E-state index contributed by atoms with van der Waals surface area (Å²) in [5, 5.41) is 23.5. The van der Waals surface area contributed by atoms with E-state index in [1.807, 2.05) is 0 Å². The first-order chi connectivity index (χ1) is 15.1. The Morgan fingerprint density at radius 2 is 1.64 bits per heavy atom. The monoisotopic (exact) mass is 458 g/mol. The molecular formula is C31H54O2. The molecule has 10 atom stereocenters. The minimum absolute atomic E-state index is 0.0921. The maximum atomic E-state index is 11.8. The predicted molar refractivity (Wildman–Crippen MR) is 139 cm³/mol. The van der Waals surface area contributed by atoms with Crippen molar-refractivity contribution in [3.63, 3.8) is 0 Å². The summed E-state index contributed by atoms with van der Waals surface area (Å²) in [5.74, 6) is 2.57. The number of hydrogen-bond donors (Lipinski definition) is 2. The lowest BCUT2D eigenvalue weighted by molar-refractivity contribution is -0.252. The fraction of sp³-hybridized carbons (Fsp3) is 0.935. The standard InChI is InChI=1S/C31H54O2/c1-20(2)11-10-14-31(9,33)22-13-16-29(7)26(22)23(32)18-25-28(6)15-12-21(3)17-24(28)27(4,5)19-30(25,29)8/h11,21-26,32-33H,10,12-19H2,1-9H3/t21-,22-,23+,24+,25+,26-,28-,29+,30+,31-/m0/s1. The van der Waals surface area contributed by atoms with Crippen molar-refractivity contribution in [3.05, 3.63) is 11.6 Å². The van der Waals surface area contributed by atoms with Gasteiger partial charge in [-0.25, -0.2) is 0 Å². The number of aliphatic hydroxyl groups excluding tert-OH is 1. The normalized spacial score (nSPS) is 50.5. The van der Waals surface area contributed by atoms with Gasteiger partial charge < -0.3 is 10.2 Å². The summed E-state index contributed by atoms with van der Waals surface area (Å²) in [4.78, 5) is 0. The van der Waals surface area contributed by atoms with Crippen LogP contribution in [0.4, 0.5) is 0 Å². The SMILES string of the molecule is CC(C)=CCC[C@](C)(O)[C@H]1CC[C@]2(C)[C@@H]1[C@H](O)C[C@@H]1[C@@]3(C)CC[C@H](C)C[C@@H]3C(C)(C)C[C@]12C. The summed E-state index contributed by atoms with van der Waals surface area (Å²) < 4.78 is 0. The van der Waals surface area contributed by atoms with Gasteiger partial charge in [-0.15, -0.1) is 0 Å². The molecule has 0 aromatic carbocycles. The highest BCUT2D eigenvalue weighted by molar-refractivity contribution is 5.20. The molecular weight excluding hydrogens is 404 g/mol. The zero-order valence-corrected chi connectivity index (χ0v) is 23.3. The van der Waals surface area contributed by atoms with Crippen molar-refractivity contribution in [2.24, 2.45) is 51.2 Å². The highest BCUT2D eigenvalue weighted by atomic mass is 16.3. The lowest BCUT2D eigenvalue weighted by atomic mass is 9.33. The summed E-state index contributed by atoms with van der Waals surface area (Å²) >= 11 is 0.